The highest BCUT2D eigenvalue weighted by atomic mass is 35.5. The van der Waals surface area contributed by atoms with Gasteiger partial charge < -0.3 is 9.73 Å². The van der Waals surface area contributed by atoms with Crippen LogP contribution in [0.1, 0.15) is 24.0 Å². The molecule has 27 heavy (non-hydrogen) atoms. The molecule has 0 aliphatic heterocycles. The van der Waals surface area contributed by atoms with Crippen molar-refractivity contribution in [3.8, 4) is 0 Å². The van der Waals surface area contributed by atoms with Crippen LogP contribution in [0.3, 0.4) is 0 Å². The normalized spacial score (nSPS) is 12.0. The summed E-state index contributed by atoms with van der Waals surface area (Å²) in [5.74, 6) is -2.32. The Hall–Kier alpha value is -2.31. The van der Waals surface area contributed by atoms with E-state index in [1.54, 1.807) is 29.2 Å². The fraction of sp³-hybridized carbons (Fsp3) is 0.211. The molecule has 142 valence electrons. The molecule has 1 N–H and O–H groups in total. The van der Waals surface area contributed by atoms with Crippen molar-refractivity contribution < 1.29 is 13.2 Å². The van der Waals surface area contributed by atoms with E-state index in [1.807, 2.05) is 18.2 Å². The molecule has 3 rings (SSSR count). The van der Waals surface area contributed by atoms with Gasteiger partial charge in [-0.2, -0.15) is 13.9 Å². The van der Waals surface area contributed by atoms with Crippen molar-refractivity contribution in [1.29, 1.82) is 0 Å². The standard InChI is InChI=1S/C19H17Cl2F2N3O/c1-19(22,23)16-8-7-14(27-16)12-26-11-9-17(25-26)24-10-3-5-13-4-2-6-15(20)18(13)21/h2-4,6-11H,5,12H2,1H3,(H,24,25)/b10-3+. The Bertz CT molecular complexity index is 945. The number of nitrogens with one attached hydrogen (secondary N) is 1. The molecular weight excluding hydrogens is 395 g/mol. The van der Waals surface area contributed by atoms with E-state index in [9.17, 15) is 8.78 Å². The van der Waals surface area contributed by atoms with Crippen molar-refractivity contribution >= 4 is 29.0 Å². The van der Waals surface area contributed by atoms with Crippen LogP contribution < -0.4 is 5.32 Å². The minimum atomic E-state index is -2.99. The number of hydrogen-bond donors (Lipinski definition) is 1. The van der Waals surface area contributed by atoms with Crippen molar-refractivity contribution in [2.45, 2.75) is 25.8 Å². The molecule has 0 radical (unpaired) electrons. The molecule has 2 heterocycles. The molecule has 0 spiro atoms. The predicted molar refractivity (Wildman–Crippen MR) is 103 cm³/mol. The van der Waals surface area contributed by atoms with Gasteiger partial charge in [0.05, 0.1) is 16.6 Å². The summed E-state index contributed by atoms with van der Waals surface area (Å²) in [7, 11) is 0. The van der Waals surface area contributed by atoms with Crippen molar-refractivity contribution in [3.63, 3.8) is 0 Å². The van der Waals surface area contributed by atoms with Crippen molar-refractivity contribution in [3.05, 3.63) is 82.0 Å². The maximum atomic E-state index is 13.2. The Kier molecular flexibility index (Phi) is 5.87. The van der Waals surface area contributed by atoms with Gasteiger partial charge in [0.2, 0.25) is 0 Å². The summed E-state index contributed by atoms with van der Waals surface area (Å²) in [5, 5.41) is 8.43. The number of nitrogens with zero attached hydrogens (tertiary/aromatic N) is 2. The number of rotatable bonds is 7. The summed E-state index contributed by atoms with van der Waals surface area (Å²) >= 11 is 12.1. The molecule has 0 amide bonds. The lowest BCUT2D eigenvalue weighted by molar-refractivity contribution is -0.00636. The molecule has 0 atom stereocenters. The minimum absolute atomic E-state index is 0.263. The van der Waals surface area contributed by atoms with Crippen LogP contribution in [-0.2, 0) is 18.9 Å². The highest BCUT2D eigenvalue weighted by Crippen LogP contribution is 2.28. The zero-order valence-corrected chi connectivity index (χ0v) is 15.9. The summed E-state index contributed by atoms with van der Waals surface area (Å²) in [6, 6.07) is 10.1. The van der Waals surface area contributed by atoms with Gasteiger partial charge in [-0.3, -0.25) is 4.68 Å². The second kappa shape index (κ2) is 8.15. The summed E-state index contributed by atoms with van der Waals surface area (Å²) in [5.41, 5.74) is 0.925. The summed E-state index contributed by atoms with van der Waals surface area (Å²) in [6.45, 7) is 1.06. The maximum Gasteiger partial charge on any atom is 0.301 e. The van der Waals surface area contributed by atoms with Crippen molar-refractivity contribution in [2.24, 2.45) is 0 Å². The number of benzene rings is 1. The van der Waals surface area contributed by atoms with Crippen LogP contribution in [0.15, 0.2) is 59.3 Å². The molecule has 2 aromatic heterocycles. The van der Waals surface area contributed by atoms with E-state index in [0.29, 0.717) is 28.0 Å². The largest absolute Gasteiger partial charge is 0.458 e. The third-order valence-corrected chi connectivity index (χ3v) is 4.63. The fourth-order valence-electron chi connectivity index (χ4n) is 2.42. The van der Waals surface area contributed by atoms with E-state index in [4.69, 9.17) is 27.6 Å². The molecule has 8 heteroatoms. The lowest BCUT2D eigenvalue weighted by Gasteiger charge is -2.05. The number of aromatic nitrogens is 2. The van der Waals surface area contributed by atoms with Gasteiger partial charge >= 0.3 is 5.92 Å². The number of halogens is 4. The Morgan fingerprint density at radius 1 is 1.22 bits per heavy atom. The van der Waals surface area contributed by atoms with Gasteiger partial charge in [0.15, 0.2) is 11.6 Å². The van der Waals surface area contributed by atoms with E-state index in [1.165, 1.54) is 12.1 Å². The number of alkyl halides is 2. The molecule has 0 saturated carbocycles. The molecule has 0 saturated heterocycles. The van der Waals surface area contributed by atoms with E-state index in [2.05, 4.69) is 10.4 Å². The van der Waals surface area contributed by atoms with Gasteiger partial charge in [0.25, 0.3) is 0 Å². The van der Waals surface area contributed by atoms with Crippen molar-refractivity contribution in [2.75, 3.05) is 5.32 Å². The molecule has 0 bridgehead atoms. The van der Waals surface area contributed by atoms with Gasteiger partial charge in [0, 0.05) is 19.2 Å². The van der Waals surface area contributed by atoms with E-state index >= 15 is 0 Å². The molecule has 4 nitrogen and oxygen atoms in total. The van der Waals surface area contributed by atoms with E-state index in [-0.39, 0.29) is 12.3 Å². The Morgan fingerprint density at radius 3 is 2.78 bits per heavy atom. The van der Waals surface area contributed by atoms with Crippen LogP contribution in [0.25, 0.3) is 0 Å². The lowest BCUT2D eigenvalue weighted by atomic mass is 10.1. The molecule has 0 unspecified atom stereocenters. The first-order valence-electron chi connectivity index (χ1n) is 8.18. The molecular formula is C19H17Cl2F2N3O. The first-order valence-corrected chi connectivity index (χ1v) is 8.93. The Labute approximate surface area is 165 Å². The first kappa shape index (κ1) is 19.5. The highest BCUT2D eigenvalue weighted by molar-refractivity contribution is 6.42. The van der Waals surface area contributed by atoms with Crippen LogP contribution in [0.5, 0.6) is 0 Å². The van der Waals surface area contributed by atoms with Gasteiger partial charge in [-0.25, -0.2) is 0 Å². The number of furan rings is 1. The summed E-state index contributed by atoms with van der Waals surface area (Å²) < 4.78 is 33.2. The van der Waals surface area contributed by atoms with Crippen LogP contribution in [-0.4, -0.2) is 9.78 Å². The highest BCUT2D eigenvalue weighted by Gasteiger charge is 2.28. The number of allylic oxidation sites excluding steroid dienone is 1. The molecule has 3 aromatic rings. The third kappa shape index (κ3) is 5.11. The first-order chi connectivity index (χ1) is 12.8. The van der Waals surface area contributed by atoms with Gasteiger partial charge in [0.1, 0.15) is 5.76 Å². The van der Waals surface area contributed by atoms with E-state index < -0.39 is 5.92 Å². The topological polar surface area (TPSA) is 43.0 Å². The average Bonchev–Trinajstić information content (AvgIpc) is 3.25. The third-order valence-electron chi connectivity index (χ3n) is 3.77. The monoisotopic (exact) mass is 411 g/mol. The molecule has 0 aliphatic carbocycles. The summed E-state index contributed by atoms with van der Waals surface area (Å²) in [6.07, 6.45) is 6.01. The van der Waals surface area contributed by atoms with Crippen LogP contribution in [0.2, 0.25) is 10.0 Å². The Morgan fingerprint density at radius 2 is 2.04 bits per heavy atom. The maximum absolute atomic E-state index is 13.2. The second-order valence-electron chi connectivity index (χ2n) is 6.02. The SMILES string of the molecule is CC(F)(F)c1ccc(Cn2ccc(N/C=C/Cc3cccc(Cl)c3Cl)n2)o1. The van der Waals surface area contributed by atoms with Gasteiger partial charge in [-0.1, -0.05) is 41.4 Å². The Balaban J connectivity index is 1.55. The predicted octanol–water partition coefficient (Wildman–Crippen LogP) is 6.11. The van der Waals surface area contributed by atoms with E-state index in [0.717, 1.165) is 12.5 Å². The quantitative estimate of drug-likeness (QED) is 0.509. The van der Waals surface area contributed by atoms with Gasteiger partial charge in [-0.05, 0) is 36.4 Å². The summed E-state index contributed by atoms with van der Waals surface area (Å²) in [4.78, 5) is 0. The molecule has 1 aromatic carbocycles. The van der Waals surface area contributed by atoms with Crippen LogP contribution in [0.4, 0.5) is 14.6 Å². The number of anilines is 1. The molecule has 0 aliphatic rings. The zero-order valence-electron chi connectivity index (χ0n) is 14.4. The van der Waals surface area contributed by atoms with Crippen molar-refractivity contribution in [1.82, 2.24) is 9.78 Å². The van der Waals surface area contributed by atoms with Gasteiger partial charge in [-0.15, -0.1) is 0 Å². The zero-order chi connectivity index (χ0) is 19.4. The van der Waals surface area contributed by atoms with Crippen LogP contribution in [0, 0.1) is 0 Å². The fourth-order valence-corrected chi connectivity index (χ4v) is 2.82. The molecule has 0 fully saturated rings. The lowest BCUT2D eigenvalue weighted by Crippen LogP contribution is -2.05. The minimum Gasteiger partial charge on any atom is -0.458 e. The van der Waals surface area contributed by atoms with Crippen LogP contribution >= 0.6 is 23.2 Å². The number of hydrogen-bond acceptors (Lipinski definition) is 3. The average molecular weight is 412 g/mol. The smallest absolute Gasteiger partial charge is 0.301 e. The second-order valence-corrected chi connectivity index (χ2v) is 6.80.